The lowest BCUT2D eigenvalue weighted by Crippen LogP contribution is -2.54. The van der Waals surface area contributed by atoms with E-state index in [0.717, 1.165) is 17.7 Å². The minimum atomic E-state index is -1.12. The number of barbiturate groups is 1. The number of hydrogen-bond donors (Lipinski definition) is 2. The predicted octanol–water partition coefficient (Wildman–Crippen LogP) is 2.18. The van der Waals surface area contributed by atoms with Crippen molar-refractivity contribution in [3.63, 3.8) is 0 Å². The van der Waals surface area contributed by atoms with E-state index in [1.165, 1.54) is 12.1 Å². The Morgan fingerprint density at radius 3 is 2.23 bits per heavy atom. The highest BCUT2D eigenvalue weighted by Gasteiger charge is 2.37. The third-order valence-electron chi connectivity index (χ3n) is 4.21. The van der Waals surface area contributed by atoms with Gasteiger partial charge in [0.2, 0.25) is 5.75 Å². The first-order valence-corrected chi connectivity index (χ1v) is 8.24. The molecule has 0 spiro atoms. The van der Waals surface area contributed by atoms with E-state index in [2.05, 4.69) is 0 Å². The van der Waals surface area contributed by atoms with Crippen molar-refractivity contribution in [2.75, 3.05) is 4.90 Å². The van der Waals surface area contributed by atoms with Gasteiger partial charge in [-0.25, -0.2) is 9.69 Å². The molecule has 1 heterocycles. The van der Waals surface area contributed by atoms with Crippen molar-refractivity contribution in [3.05, 3.63) is 73.3 Å². The molecule has 1 saturated heterocycles. The monoisotopic (exact) mass is 412 g/mol. The van der Waals surface area contributed by atoms with Crippen LogP contribution in [0.15, 0.2) is 42.0 Å². The Balaban J connectivity index is 2.14. The number of anilines is 1. The first-order valence-electron chi connectivity index (χ1n) is 8.24. The van der Waals surface area contributed by atoms with Gasteiger partial charge in [-0.3, -0.25) is 35.1 Å². The summed E-state index contributed by atoms with van der Waals surface area (Å²) in [5.74, 6) is -3.17. The molecule has 0 saturated carbocycles. The average Bonchev–Trinajstić information content (AvgIpc) is 2.67. The lowest BCUT2D eigenvalue weighted by Gasteiger charge is -2.26. The van der Waals surface area contributed by atoms with Gasteiger partial charge >= 0.3 is 11.7 Å². The van der Waals surface area contributed by atoms with Gasteiger partial charge in [0.1, 0.15) is 5.57 Å². The molecule has 2 aromatic rings. The molecular formula is C18H12N4O8. The Bertz CT molecular complexity index is 1150. The van der Waals surface area contributed by atoms with E-state index in [9.17, 15) is 39.7 Å². The fraction of sp³-hybridized carbons (Fsp3) is 0.0556. The number of nitrogens with one attached hydrogen (secondary N) is 1. The van der Waals surface area contributed by atoms with Gasteiger partial charge in [-0.15, -0.1) is 0 Å². The second kappa shape index (κ2) is 7.43. The molecule has 1 aliphatic heterocycles. The Morgan fingerprint density at radius 2 is 1.67 bits per heavy atom. The van der Waals surface area contributed by atoms with Gasteiger partial charge in [-0.1, -0.05) is 17.7 Å². The molecule has 1 fully saturated rings. The molecule has 2 N–H and O–H groups in total. The fourth-order valence-electron chi connectivity index (χ4n) is 2.72. The molecule has 0 radical (unpaired) electrons. The number of benzene rings is 2. The summed E-state index contributed by atoms with van der Waals surface area (Å²) in [6, 6.07) is 6.49. The molecule has 2 aromatic carbocycles. The molecule has 12 nitrogen and oxygen atoms in total. The summed E-state index contributed by atoms with van der Waals surface area (Å²) in [6.45, 7) is 1.79. The summed E-state index contributed by atoms with van der Waals surface area (Å²) in [4.78, 5) is 58.0. The summed E-state index contributed by atoms with van der Waals surface area (Å²) in [6.07, 6.45) is 0.751. The zero-order chi connectivity index (χ0) is 22.2. The molecule has 12 heteroatoms. The highest BCUT2D eigenvalue weighted by atomic mass is 16.6. The standard InChI is InChI=1S/C18H12N4O8/c1-9-2-4-11(5-3-9)20-17(25)13(16(24)19-18(20)26)7-10-6-12(21(27)28)8-14(15(10)23)22(29)30/h2-8,23H,1H3,(H,19,24,26)/b13-7+. The average molecular weight is 412 g/mol. The van der Waals surface area contributed by atoms with Crippen molar-refractivity contribution in [1.82, 2.24) is 5.32 Å². The van der Waals surface area contributed by atoms with E-state index in [0.29, 0.717) is 11.0 Å². The number of phenolic OH excluding ortho intramolecular Hbond substituents is 1. The van der Waals surface area contributed by atoms with Crippen LogP contribution in [0.1, 0.15) is 11.1 Å². The number of hydrogen-bond acceptors (Lipinski definition) is 8. The van der Waals surface area contributed by atoms with Crippen molar-refractivity contribution < 1.29 is 29.3 Å². The van der Waals surface area contributed by atoms with Gasteiger partial charge < -0.3 is 5.11 Å². The van der Waals surface area contributed by atoms with Crippen LogP contribution < -0.4 is 10.2 Å². The van der Waals surface area contributed by atoms with Crippen LogP contribution in [0.4, 0.5) is 21.9 Å². The lowest BCUT2D eigenvalue weighted by atomic mass is 10.0. The first-order chi connectivity index (χ1) is 14.1. The normalized spacial score (nSPS) is 15.3. The third kappa shape index (κ3) is 3.56. The number of nitrogens with zero attached hydrogens (tertiary/aromatic N) is 3. The number of rotatable bonds is 4. The number of carbonyl (C=O) groups is 3. The van der Waals surface area contributed by atoms with E-state index in [1.54, 1.807) is 19.1 Å². The van der Waals surface area contributed by atoms with Crippen molar-refractivity contribution in [2.45, 2.75) is 6.92 Å². The van der Waals surface area contributed by atoms with E-state index in [4.69, 9.17) is 0 Å². The molecule has 0 aromatic heterocycles. The van der Waals surface area contributed by atoms with Gasteiger partial charge in [0, 0.05) is 11.6 Å². The van der Waals surface area contributed by atoms with E-state index in [-0.39, 0.29) is 5.69 Å². The van der Waals surface area contributed by atoms with Gasteiger partial charge in [-0.2, -0.15) is 0 Å². The Morgan fingerprint density at radius 1 is 1.03 bits per heavy atom. The van der Waals surface area contributed by atoms with Crippen LogP contribution in [0.2, 0.25) is 0 Å². The van der Waals surface area contributed by atoms with Gasteiger partial charge in [0.25, 0.3) is 17.5 Å². The number of aryl methyl sites for hydroxylation is 1. The zero-order valence-corrected chi connectivity index (χ0v) is 15.2. The molecule has 0 atom stereocenters. The highest BCUT2D eigenvalue weighted by molar-refractivity contribution is 6.39. The summed E-state index contributed by atoms with van der Waals surface area (Å²) < 4.78 is 0. The van der Waals surface area contributed by atoms with Crippen molar-refractivity contribution >= 4 is 41.0 Å². The Hall–Kier alpha value is -4.61. The lowest BCUT2D eigenvalue weighted by molar-refractivity contribution is -0.394. The fourth-order valence-corrected chi connectivity index (χ4v) is 2.72. The van der Waals surface area contributed by atoms with Crippen LogP contribution in [0.5, 0.6) is 5.75 Å². The van der Waals surface area contributed by atoms with Crippen molar-refractivity contribution in [3.8, 4) is 5.75 Å². The predicted molar refractivity (Wildman–Crippen MR) is 102 cm³/mol. The number of urea groups is 1. The number of amides is 4. The van der Waals surface area contributed by atoms with Crippen molar-refractivity contribution in [2.24, 2.45) is 0 Å². The van der Waals surface area contributed by atoms with Crippen LogP contribution >= 0.6 is 0 Å². The van der Waals surface area contributed by atoms with Crippen LogP contribution in [0.3, 0.4) is 0 Å². The number of phenols is 1. The molecule has 1 aliphatic rings. The van der Waals surface area contributed by atoms with Crippen LogP contribution in [-0.2, 0) is 9.59 Å². The molecular weight excluding hydrogens is 400 g/mol. The molecule has 4 amide bonds. The zero-order valence-electron chi connectivity index (χ0n) is 15.2. The van der Waals surface area contributed by atoms with E-state index in [1.807, 2.05) is 5.32 Å². The molecule has 0 unspecified atom stereocenters. The second-order valence-corrected chi connectivity index (χ2v) is 6.21. The number of carbonyl (C=O) groups excluding carboxylic acids is 3. The van der Waals surface area contributed by atoms with Crippen LogP contribution in [-0.4, -0.2) is 32.8 Å². The summed E-state index contributed by atoms with van der Waals surface area (Å²) in [7, 11) is 0. The molecule has 0 aliphatic carbocycles. The van der Waals surface area contributed by atoms with Crippen molar-refractivity contribution in [1.29, 1.82) is 0 Å². The first kappa shape index (κ1) is 20.1. The number of nitro benzene ring substituents is 2. The maximum Gasteiger partial charge on any atom is 0.335 e. The maximum absolute atomic E-state index is 12.8. The van der Waals surface area contributed by atoms with E-state index >= 15 is 0 Å². The quantitative estimate of drug-likeness (QED) is 0.333. The number of nitro groups is 2. The van der Waals surface area contributed by atoms with Crippen LogP contribution in [0, 0.1) is 27.2 Å². The number of non-ortho nitro benzene ring substituents is 1. The maximum atomic E-state index is 12.8. The molecule has 3 rings (SSSR count). The smallest absolute Gasteiger partial charge is 0.335 e. The molecule has 152 valence electrons. The second-order valence-electron chi connectivity index (χ2n) is 6.21. The topological polar surface area (TPSA) is 173 Å². The summed E-state index contributed by atoms with van der Waals surface area (Å²) in [5, 5.41) is 34.2. The largest absolute Gasteiger partial charge is 0.502 e. The van der Waals surface area contributed by atoms with Gasteiger partial charge in [-0.05, 0) is 25.1 Å². The SMILES string of the molecule is Cc1ccc(N2C(=O)NC(=O)/C(=C\c3cc([N+](=O)[O-])cc([N+](=O)[O-])c3O)C2=O)cc1. The number of aromatic hydroxyl groups is 1. The number of imide groups is 2. The molecule has 0 bridgehead atoms. The Kier molecular flexibility index (Phi) is 4.98. The molecule has 30 heavy (non-hydrogen) atoms. The van der Waals surface area contributed by atoms with Gasteiger partial charge in [0.05, 0.1) is 21.6 Å². The Labute approximate surface area is 167 Å². The summed E-state index contributed by atoms with van der Waals surface area (Å²) in [5.41, 5.74) is -1.87. The van der Waals surface area contributed by atoms with Gasteiger partial charge in [0.15, 0.2) is 0 Å². The third-order valence-corrected chi connectivity index (χ3v) is 4.21. The highest BCUT2D eigenvalue weighted by Crippen LogP contribution is 2.36. The minimum Gasteiger partial charge on any atom is -0.502 e. The minimum absolute atomic E-state index is 0.149. The summed E-state index contributed by atoms with van der Waals surface area (Å²) >= 11 is 0. The van der Waals surface area contributed by atoms with Crippen LogP contribution in [0.25, 0.3) is 6.08 Å². The van der Waals surface area contributed by atoms with E-state index < -0.39 is 56.0 Å².